The zero-order valence-corrected chi connectivity index (χ0v) is 15.3. The number of rotatable bonds is 6. The third kappa shape index (κ3) is 3.07. The number of benzene rings is 2. The van der Waals surface area contributed by atoms with E-state index < -0.39 is 18.1 Å². The fourth-order valence-corrected chi connectivity index (χ4v) is 4.24. The zero-order chi connectivity index (χ0) is 19.0. The molecule has 140 valence electrons. The van der Waals surface area contributed by atoms with Crippen LogP contribution in [-0.4, -0.2) is 29.8 Å². The van der Waals surface area contributed by atoms with Crippen LogP contribution >= 0.6 is 0 Å². The number of carbonyl (C=O) groups excluding carboxylic acids is 1. The van der Waals surface area contributed by atoms with Crippen LogP contribution < -0.4 is 5.32 Å². The van der Waals surface area contributed by atoms with Gasteiger partial charge < -0.3 is 15.2 Å². The molecule has 0 aliphatic heterocycles. The minimum absolute atomic E-state index is 0.0347. The lowest BCUT2D eigenvalue weighted by Gasteiger charge is -2.23. The fraction of sp³-hybridized carbons (Fsp3) is 0.364. The third-order valence-electron chi connectivity index (χ3n) is 6.06. The van der Waals surface area contributed by atoms with Gasteiger partial charge in [-0.15, -0.1) is 0 Å². The number of carbonyl (C=O) groups is 2. The van der Waals surface area contributed by atoms with Gasteiger partial charge in [0.25, 0.3) is 0 Å². The molecular formula is C22H23NO4. The highest BCUT2D eigenvalue weighted by Crippen LogP contribution is 2.51. The molecule has 2 aliphatic rings. The molecule has 1 fully saturated rings. The Bertz CT molecular complexity index is 842. The first kappa shape index (κ1) is 17.6. The Morgan fingerprint density at radius 1 is 1.11 bits per heavy atom. The van der Waals surface area contributed by atoms with Gasteiger partial charge in [0, 0.05) is 11.3 Å². The van der Waals surface area contributed by atoms with Gasteiger partial charge in [0.1, 0.15) is 12.6 Å². The number of hydrogen-bond donors (Lipinski definition) is 2. The van der Waals surface area contributed by atoms with Crippen LogP contribution in [0.15, 0.2) is 48.5 Å². The highest BCUT2D eigenvalue weighted by Gasteiger charge is 2.52. The largest absolute Gasteiger partial charge is 0.480 e. The lowest BCUT2D eigenvalue weighted by atomic mass is 9.93. The summed E-state index contributed by atoms with van der Waals surface area (Å²) >= 11 is 0. The van der Waals surface area contributed by atoms with Crippen LogP contribution in [0.1, 0.15) is 43.2 Å². The summed E-state index contributed by atoms with van der Waals surface area (Å²) < 4.78 is 5.47. The van der Waals surface area contributed by atoms with Crippen molar-refractivity contribution in [3.8, 4) is 11.1 Å². The van der Waals surface area contributed by atoms with Crippen molar-refractivity contribution in [2.45, 2.75) is 38.1 Å². The van der Waals surface area contributed by atoms with Crippen molar-refractivity contribution in [3.63, 3.8) is 0 Å². The molecule has 4 rings (SSSR count). The first-order valence-electron chi connectivity index (χ1n) is 9.40. The van der Waals surface area contributed by atoms with Crippen molar-refractivity contribution in [1.29, 1.82) is 0 Å². The van der Waals surface area contributed by atoms with Crippen molar-refractivity contribution >= 4 is 12.1 Å². The minimum atomic E-state index is -0.997. The number of ether oxygens (including phenoxy) is 1. The van der Waals surface area contributed by atoms with E-state index in [9.17, 15) is 14.7 Å². The molecule has 0 unspecified atom stereocenters. The average Bonchev–Trinajstić information content (AvgIpc) is 3.41. The Balaban J connectivity index is 1.47. The quantitative estimate of drug-likeness (QED) is 0.806. The molecule has 2 aliphatic carbocycles. The molecule has 1 amide bonds. The molecule has 0 radical (unpaired) electrons. The number of carboxylic acids is 1. The van der Waals surface area contributed by atoms with Gasteiger partial charge in [-0.1, -0.05) is 55.5 Å². The summed E-state index contributed by atoms with van der Waals surface area (Å²) in [5, 5.41) is 12.1. The standard InChI is InChI=1S/C22H23NO4/c1-2-22(11-12-22)19(20(24)25)23-21(26)27-13-18-16-9-5-3-7-14(16)15-8-4-6-10-17(15)18/h3-10,18-19H,2,11-13H2,1H3,(H,23,26)(H,24,25)/t19-/m1/s1. The zero-order valence-electron chi connectivity index (χ0n) is 15.3. The Kier molecular flexibility index (Phi) is 4.38. The van der Waals surface area contributed by atoms with Gasteiger partial charge in [0.2, 0.25) is 0 Å². The second kappa shape index (κ2) is 6.72. The number of carboxylic acid groups (broad SMARTS) is 1. The van der Waals surface area contributed by atoms with Gasteiger partial charge in [0.15, 0.2) is 0 Å². The molecule has 5 nitrogen and oxygen atoms in total. The van der Waals surface area contributed by atoms with Gasteiger partial charge in [-0.25, -0.2) is 9.59 Å². The van der Waals surface area contributed by atoms with E-state index in [0.29, 0.717) is 0 Å². The van der Waals surface area contributed by atoms with Gasteiger partial charge in [-0.2, -0.15) is 0 Å². The predicted molar refractivity (Wildman–Crippen MR) is 102 cm³/mol. The molecule has 0 heterocycles. The van der Waals surface area contributed by atoms with Crippen LogP contribution in [0.2, 0.25) is 0 Å². The normalized spacial score (nSPS) is 17.5. The van der Waals surface area contributed by atoms with Crippen molar-refractivity contribution in [2.75, 3.05) is 6.61 Å². The first-order valence-corrected chi connectivity index (χ1v) is 9.40. The number of alkyl carbamates (subject to hydrolysis) is 1. The molecule has 2 N–H and O–H groups in total. The van der Waals surface area contributed by atoms with Crippen LogP contribution in [0.5, 0.6) is 0 Å². The van der Waals surface area contributed by atoms with Gasteiger partial charge >= 0.3 is 12.1 Å². The Morgan fingerprint density at radius 2 is 1.67 bits per heavy atom. The summed E-state index contributed by atoms with van der Waals surface area (Å²) in [5.41, 5.74) is 4.26. The highest BCUT2D eigenvalue weighted by molar-refractivity contribution is 5.82. The van der Waals surface area contributed by atoms with Crippen molar-refractivity contribution in [2.24, 2.45) is 5.41 Å². The molecule has 1 saturated carbocycles. The minimum Gasteiger partial charge on any atom is -0.480 e. The van der Waals surface area contributed by atoms with Crippen molar-refractivity contribution in [1.82, 2.24) is 5.32 Å². The topological polar surface area (TPSA) is 75.6 Å². The molecule has 0 saturated heterocycles. The SMILES string of the molecule is CCC1([C@H](NC(=O)OCC2c3ccccc3-c3ccccc32)C(=O)O)CC1. The monoisotopic (exact) mass is 365 g/mol. The van der Waals surface area contributed by atoms with Crippen LogP contribution in [0, 0.1) is 5.41 Å². The van der Waals surface area contributed by atoms with Crippen molar-refractivity contribution in [3.05, 3.63) is 59.7 Å². The van der Waals surface area contributed by atoms with E-state index in [2.05, 4.69) is 29.6 Å². The third-order valence-corrected chi connectivity index (χ3v) is 6.06. The first-order chi connectivity index (χ1) is 13.1. The van der Waals surface area contributed by atoms with E-state index in [1.54, 1.807) is 0 Å². The number of nitrogens with one attached hydrogen (secondary N) is 1. The predicted octanol–water partition coefficient (Wildman–Crippen LogP) is 4.17. The molecule has 0 aromatic heterocycles. The maximum absolute atomic E-state index is 12.3. The molecule has 27 heavy (non-hydrogen) atoms. The second-order valence-corrected chi connectivity index (χ2v) is 7.46. The maximum Gasteiger partial charge on any atom is 0.407 e. The Hall–Kier alpha value is -2.82. The average molecular weight is 365 g/mol. The van der Waals surface area contributed by atoms with Gasteiger partial charge in [-0.05, 0) is 41.5 Å². The Labute approximate surface area is 158 Å². The van der Waals surface area contributed by atoms with Crippen LogP contribution in [-0.2, 0) is 9.53 Å². The molecule has 0 bridgehead atoms. The van der Waals surface area contributed by atoms with E-state index in [1.807, 2.05) is 31.2 Å². The van der Waals surface area contributed by atoms with E-state index >= 15 is 0 Å². The highest BCUT2D eigenvalue weighted by atomic mass is 16.5. The summed E-state index contributed by atoms with van der Waals surface area (Å²) in [7, 11) is 0. The van der Waals surface area contributed by atoms with E-state index in [4.69, 9.17) is 4.74 Å². The van der Waals surface area contributed by atoms with Gasteiger partial charge in [0.05, 0.1) is 0 Å². The summed E-state index contributed by atoms with van der Waals surface area (Å²) in [4.78, 5) is 23.9. The number of amides is 1. The summed E-state index contributed by atoms with van der Waals surface area (Å²) in [6.07, 6.45) is 1.71. The fourth-order valence-electron chi connectivity index (χ4n) is 4.24. The summed E-state index contributed by atoms with van der Waals surface area (Å²) in [6.45, 7) is 2.15. The number of hydrogen-bond acceptors (Lipinski definition) is 3. The Morgan fingerprint density at radius 3 is 2.15 bits per heavy atom. The lowest BCUT2D eigenvalue weighted by molar-refractivity contribution is -0.141. The van der Waals surface area contributed by atoms with E-state index in [0.717, 1.165) is 41.5 Å². The smallest absolute Gasteiger partial charge is 0.407 e. The molecule has 0 spiro atoms. The molecule has 2 aromatic carbocycles. The number of fused-ring (bicyclic) bond motifs is 3. The molecule has 5 heteroatoms. The summed E-state index contributed by atoms with van der Waals surface area (Å²) in [6, 6.07) is 15.3. The summed E-state index contributed by atoms with van der Waals surface area (Å²) in [5.74, 6) is -1.03. The van der Waals surface area contributed by atoms with Crippen molar-refractivity contribution < 1.29 is 19.4 Å². The lowest BCUT2D eigenvalue weighted by Crippen LogP contribution is -2.47. The molecular weight excluding hydrogens is 342 g/mol. The number of aliphatic carboxylic acids is 1. The van der Waals surface area contributed by atoms with Gasteiger partial charge in [-0.3, -0.25) is 0 Å². The van der Waals surface area contributed by atoms with Crippen LogP contribution in [0.25, 0.3) is 11.1 Å². The molecule has 1 atom stereocenters. The molecule has 2 aromatic rings. The second-order valence-electron chi connectivity index (χ2n) is 7.46. The van der Waals surface area contributed by atoms with E-state index in [-0.39, 0.29) is 17.9 Å². The van der Waals surface area contributed by atoms with E-state index in [1.165, 1.54) is 0 Å². The van der Waals surface area contributed by atoms with Crippen LogP contribution in [0.3, 0.4) is 0 Å². The maximum atomic E-state index is 12.3. The van der Waals surface area contributed by atoms with Crippen LogP contribution in [0.4, 0.5) is 4.79 Å².